The van der Waals surface area contributed by atoms with E-state index in [9.17, 15) is 8.42 Å². The maximum atomic E-state index is 13.0. The van der Waals surface area contributed by atoms with Gasteiger partial charge < -0.3 is 0 Å². The Morgan fingerprint density at radius 1 is 1.14 bits per heavy atom. The molecule has 2 atom stereocenters. The second-order valence-corrected chi connectivity index (χ2v) is 8.19. The number of hydrogen-bond acceptors (Lipinski definition) is 3. The summed E-state index contributed by atoms with van der Waals surface area (Å²) in [6.07, 6.45) is 3.58. The first kappa shape index (κ1) is 15.0. The Bertz CT molecular complexity index is 614. The average molecular weight is 308 g/mol. The van der Waals surface area contributed by atoms with Crippen LogP contribution in [0.3, 0.4) is 0 Å². The molecule has 0 spiro atoms. The lowest BCUT2D eigenvalue weighted by Gasteiger charge is -2.46. The number of nitrogens with zero attached hydrogens (tertiary/aromatic N) is 2. The SMILES string of the molecule is Cc1ccccc1S(=O)(=O)N1CC2CCCCN2CC1C. The van der Waals surface area contributed by atoms with Crippen LogP contribution in [0.5, 0.6) is 0 Å². The Labute approximate surface area is 127 Å². The summed E-state index contributed by atoms with van der Waals surface area (Å²) >= 11 is 0. The lowest BCUT2D eigenvalue weighted by atomic mass is 9.99. The van der Waals surface area contributed by atoms with E-state index in [2.05, 4.69) is 4.90 Å². The van der Waals surface area contributed by atoms with Gasteiger partial charge in [-0.15, -0.1) is 0 Å². The number of sulfonamides is 1. The van der Waals surface area contributed by atoms with Gasteiger partial charge in [-0.05, 0) is 44.9 Å². The van der Waals surface area contributed by atoms with Gasteiger partial charge in [-0.3, -0.25) is 4.90 Å². The zero-order chi connectivity index (χ0) is 15.0. The highest BCUT2D eigenvalue weighted by molar-refractivity contribution is 7.89. The van der Waals surface area contributed by atoms with E-state index in [-0.39, 0.29) is 6.04 Å². The smallest absolute Gasteiger partial charge is 0.243 e. The van der Waals surface area contributed by atoms with Crippen LogP contribution in [0, 0.1) is 6.92 Å². The zero-order valence-electron chi connectivity index (χ0n) is 12.8. The first-order valence-corrected chi connectivity index (χ1v) is 9.25. The molecule has 2 aliphatic heterocycles. The molecule has 3 rings (SSSR count). The zero-order valence-corrected chi connectivity index (χ0v) is 13.6. The van der Waals surface area contributed by atoms with Crippen molar-refractivity contribution in [3.05, 3.63) is 29.8 Å². The van der Waals surface area contributed by atoms with Gasteiger partial charge in [0.2, 0.25) is 10.0 Å². The van der Waals surface area contributed by atoms with Crippen molar-refractivity contribution in [2.45, 2.75) is 50.1 Å². The number of fused-ring (bicyclic) bond motifs is 1. The minimum atomic E-state index is -3.39. The van der Waals surface area contributed by atoms with Crippen LogP contribution in [-0.4, -0.2) is 49.3 Å². The van der Waals surface area contributed by atoms with Crippen molar-refractivity contribution < 1.29 is 8.42 Å². The summed E-state index contributed by atoms with van der Waals surface area (Å²) in [5.74, 6) is 0. The highest BCUT2D eigenvalue weighted by atomic mass is 32.2. The first-order valence-electron chi connectivity index (χ1n) is 7.81. The molecule has 0 radical (unpaired) electrons. The fraction of sp³-hybridized carbons (Fsp3) is 0.625. The van der Waals surface area contributed by atoms with Crippen molar-refractivity contribution in [1.82, 2.24) is 9.21 Å². The molecule has 0 amide bonds. The third kappa shape index (κ3) is 2.74. The van der Waals surface area contributed by atoms with Crippen molar-refractivity contribution in [1.29, 1.82) is 0 Å². The predicted octanol–water partition coefficient (Wildman–Crippen LogP) is 2.24. The van der Waals surface area contributed by atoms with E-state index >= 15 is 0 Å². The summed E-state index contributed by atoms with van der Waals surface area (Å²) in [5.41, 5.74) is 0.829. The molecule has 116 valence electrons. The van der Waals surface area contributed by atoms with Gasteiger partial charge in [-0.1, -0.05) is 24.6 Å². The number of benzene rings is 1. The summed E-state index contributed by atoms with van der Waals surface area (Å²) in [7, 11) is -3.39. The van der Waals surface area contributed by atoms with Gasteiger partial charge in [0, 0.05) is 25.2 Å². The van der Waals surface area contributed by atoms with E-state index in [1.807, 2.05) is 26.0 Å². The first-order chi connectivity index (χ1) is 10.00. The lowest BCUT2D eigenvalue weighted by Crippen LogP contribution is -2.59. The molecule has 2 saturated heterocycles. The van der Waals surface area contributed by atoms with E-state index in [0.29, 0.717) is 17.5 Å². The van der Waals surface area contributed by atoms with Crippen molar-refractivity contribution in [3.8, 4) is 0 Å². The van der Waals surface area contributed by atoms with Gasteiger partial charge in [0.1, 0.15) is 0 Å². The van der Waals surface area contributed by atoms with Crippen molar-refractivity contribution in [3.63, 3.8) is 0 Å². The van der Waals surface area contributed by atoms with Gasteiger partial charge >= 0.3 is 0 Å². The molecular weight excluding hydrogens is 284 g/mol. The Hall–Kier alpha value is -0.910. The van der Waals surface area contributed by atoms with Crippen LogP contribution in [0.15, 0.2) is 29.2 Å². The molecule has 0 saturated carbocycles. The highest BCUT2D eigenvalue weighted by Crippen LogP contribution is 2.29. The minimum absolute atomic E-state index is 0.0453. The van der Waals surface area contributed by atoms with Gasteiger partial charge in [0.15, 0.2) is 0 Å². The molecule has 0 aliphatic carbocycles. The maximum Gasteiger partial charge on any atom is 0.243 e. The molecule has 5 heteroatoms. The van der Waals surface area contributed by atoms with Crippen LogP contribution < -0.4 is 0 Å². The molecule has 2 heterocycles. The van der Waals surface area contributed by atoms with Crippen molar-refractivity contribution in [2.24, 2.45) is 0 Å². The van der Waals surface area contributed by atoms with Crippen molar-refractivity contribution in [2.75, 3.05) is 19.6 Å². The van der Waals surface area contributed by atoms with Gasteiger partial charge in [0.25, 0.3) is 0 Å². The summed E-state index contributed by atoms with van der Waals surface area (Å²) in [6.45, 7) is 6.51. The number of rotatable bonds is 2. The predicted molar refractivity (Wildman–Crippen MR) is 83.7 cm³/mol. The second-order valence-electron chi connectivity index (χ2n) is 6.33. The van der Waals surface area contributed by atoms with Crippen LogP contribution in [-0.2, 0) is 10.0 Å². The Balaban J connectivity index is 1.90. The summed E-state index contributed by atoms with van der Waals surface area (Å²) in [5, 5.41) is 0. The van der Waals surface area contributed by atoms with E-state index in [0.717, 1.165) is 25.1 Å². The molecule has 21 heavy (non-hydrogen) atoms. The maximum absolute atomic E-state index is 13.0. The van der Waals surface area contributed by atoms with Crippen LogP contribution in [0.1, 0.15) is 31.7 Å². The number of aryl methyl sites for hydroxylation is 1. The standard InChI is InChI=1S/C16H24N2O2S/c1-13-7-3-4-9-16(13)21(19,20)18-12-15-8-5-6-10-17(15)11-14(18)2/h3-4,7,9,14-15H,5-6,8,10-12H2,1-2H3. The molecule has 2 fully saturated rings. The minimum Gasteiger partial charge on any atom is -0.297 e. The average Bonchev–Trinajstić information content (AvgIpc) is 2.46. The van der Waals surface area contributed by atoms with Gasteiger partial charge in [0.05, 0.1) is 4.90 Å². The molecule has 0 aromatic heterocycles. The number of hydrogen-bond donors (Lipinski definition) is 0. The molecule has 1 aromatic rings. The van der Waals surface area contributed by atoms with Crippen LogP contribution >= 0.6 is 0 Å². The quantitative estimate of drug-likeness (QED) is 0.841. The number of piperidine rings is 1. The second kappa shape index (κ2) is 5.71. The van der Waals surface area contributed by atoms with Crippen LogP contribution in [0.2, 0.25) is 0 Å². The van der Waals surface area contributed by atoms with Gasteiger partial charge in [-0.2, -0.15) is 4.31 Å². The fourth-order valence-electron chi connectivity index (χ4n) is 3.63. The molecular formula is C16H24N2O2S. The third-order valence-electron chi connectivity index (χ3n) is 4.81. The molecule has 0 N–H and O–H groups in total. The van der Waals surface area contributed by atoms with Crippen LogP contribution in [0.25, 0.3) is 0 Å². The fourth-order valence-corrected chi connectivity index (χ4v) is 5.52. The largest absolute Gasteiger partial charge is 0.297 e. The normalized spacial score (nSPS) is 28.3. The Kier molecular flexibility index (Phi) is 4.08. The van der Waals surface area contributed by atoms with E-state index in [1.54, 1.807) is 16.4 Å². The third-order valence-corrected chi connectivity index (χ3v) is 6.95. The highest BCUT2D eigenvalue weighted by Gasteiger charge is 2.39. The Morgan fingerprint density at radius 2 is 1.90 bits per heavy atom. The Morgan fingerprint density at radius 3 is 2.67 bits per heavy atom. The van der Waals surface area contributed by atoms with Gasteiger partial charge in [-0.25, -0.2) is 8.42 Å². The summed E-state index contributed by atoms with van der Waals surface area (Å²) < 4.78 is 27.7. The van der Waals surface area contributed by atoms with Crippen LogP contribution in [0.4, 0.5) is 0 Å². The van der Waals surface area contributed by atoms with Crippen molar-refractivity contribution >= 4 is 10.0 Å². The molecule has 2 aliphatic rings. The topological polar surface area (TPSA) is 40.6 Å². The van der Waals surface area contributed by atoms with E-state index in [1.165, 1.54) is 12.8 Å². The van der Waals surface area contributed by atoms with E-state index < -0.39 is 10.0 Å². The summed E-state index contributed by atoms with van der Waals surface area (Å²) in [6, 6.07) is 7.73. The summed E-state index contributed by atoms with van der Waals surface area (Å²) in [4.78, 5) is 2.93. The molecule has 1 aromatic carbocycles. The molecule has 4 nitrogen and oxygen atoms in total. The van der Waals surface area contributed by atoms with E-state index in [4.69, 9.17) is 0 Å². The lowest BCUT2D eigenvalue weighted by molar-refractivity contribution is 0.0564. The molecule has 0 bridgehead atoms. The number of piperazine rings is 1. The monoisotopic (exact) mass is 308 g/mol. The molecule has 2 unspecified atom stereocenters.